The predicted octanol–water partition coefficient (Wildman–Crippen LogP) is 5.94. The SMILES string of the molecule is CC(C)(C)N(NC(=O)Nc1ccccc1)C(=O)c1ccccc1NC(=O)c1cccc(C(F)(F)F)c1. The number of hydrazine groups is 1. The fourth-order valence-corrected chi connectivity index (χ4v) is 3.24. The average molecular weight is 499 g/mol. The highest BCUT2D eigenvalue weighted by atomic mass is 19.4. The Kier molecular flexibility index (Phi) is 7.67. The van der Waals surface area contributed by atoms with Crippen molar-refractivity contribution in [1.82, 2.24) is 10.4 Å². The van der Waals surface area contributed by atoms with E-state index in [4.69, 9.17) is 0 Å². The van der Waals surface area contributed by atoms with E-state index >= 15 is 0 Å². The van der Waals surface area contributed by atoms with Gasteiger partial charge in [-0.05, 0) is 63.2 Å². The van der Waals surface area contributed by atoms with E-state index in [-0.39, 0.29) is 16.8 Å². The summed E-state index contributed by atoms with van der Waals surface area (Å²) in [6.07, 6.45) is -4.61. The number of amides is 4. The highest BCUT2D eigenvalue weighted by Gasteiger charge is 2.32. The minimum Gasteiger partial charge on any atom is -0.321 e. The van der Waals surface area contributed by atoms with Crippen LogP contribution in [0.2, 0.25) is 0 Å². The number of benzene rings is 3. The summed E-state index contributed by atoms with van der Waals surface area (Å²) in [6.45, 7) is 5.12. The minimum absolute atomic E-state index is 0.0350. The quantitative estimate of drug-likeness (QED) is 0.389. The summed E-state index contributed by atoms with van der Waals surface area (Å²) in [5, 5.41) is 6.25. The van der Waals surface area contributed by atoms with Crippen LogP contribution in [0, 0.1) is 0 Å². The third-order valence-electron chi connectivity index (χ3n) is 4.98. The fraction of sp³-hybridized carbons (Fsp3) is 0.192. The van der Waals surface area contributed by atoms with Crippen LogP contribution >= 0.6 is 0 Å². The van der Waals surface area contributed by atoms with Crippen molar-refractivity contribution >= 4 is 29.2 Å². The lowest BCUT2D eigenvalue weighted by Crippen LogP contribution is -2.57. The van der Waals surface area contributed by atoms with E-state index in [9.17, 15) is 27.6 Å². The molecule has 0 saturated carbocycles. The second-order valence-electron chi connectivity index (χ2n) is 8.82. The Bertz CT molecular complexity index is 1260. The number of rotatable bonds is 4. The number of hydrogen-bond acceptors (Lipinski definition) is 3. The molecule has 36 heavy (non-hydrogen) atoms. The summed E-state index contributed by atoms with van der Waals surface area (Å²) in [4.78, 5) is 38.8. The zero-order valence-corrected chi connectivity index (χ0v) is 19.8. The van der Waals surface area contributed by atoms with E-state index in [0.717, 1.165) is 23.2 Å². The van der Waals surface area contributed by atoms with Crippen LogP contribution in [0.25, 0.3) is 0 Å². The molecule has 0 aromatic heterocycles. The van der Waals surface area contributed by atoms with Crippen molar-refractivity contribution in [3.05, 3.63) is 95.6 Å². The van der Waals surface area contributed by atoms with Gasteiger partial charge in [-0.1, -0.05) is 36.4 Å². The van der Waals surface area contributed by atoms with Gasteiger partial charge in [0.15, 0.2) is 0 Å². The first-order valence-electron chi connectivity index (χ1n) is 10.9. The first-order chi connectivity index (χ1) is 16.9. The molecule has 4 amide bonds. The highest BCUT2D eigenvalue weighted by Crippen LogP contribution is 2.30. The molecule has 0 radical (unpaired) electrons. The topological polar surface area (TPSA) is 90.5 Å². The number of nitrogens with zero attached hydrogens (tertiary/aromatic N) is 1. The van der Waals surface area contributed by atoms with E-state index in [1.54, 1.807) is 63.2 Å². The van der Waals surface area contributed by atoms with E-state index < -0.39 is 35.1 Å². The minimum atomic E-state index is -4.61. The van der Waals surface area contributed by atoms with Gasteiger partial charge in [0.05, 0.1) is 22.4 Å². The molecule has 10 heteroatoms. The zero-order valence-electron chi connectivity index (χ0n) is 19.8. The number of carbonyl (C=O) groups is 3. The van der Waals surface area contributed by atoms with Crippen molar-refractivity contribution in [2.24, 2.45) is 0 Å². The van der Waals surface area contributed by atoms with Crippen LogP contribution in [0.15, 0.2) is 78.9 Å². The number of para-hydroxylation sites is 2. The Morgan fingerprint density at radius 2 is 1.42 bits per heavy atom. The molecule has 0 bridgehead atoms. The zero-order chi connectivity index (χ0) is 26.5. The van der Waals surface area contributed by atoms with Crippen molar-refractivity contribution in [2.75, 3.05) is 10.6 Å². The fourth-order valence-electron chi connectivity index (χ4n) is 3.24. The highest BCUT2D eigenvalue weighted by molar-refractivity contribution is 6.09. The number of hydrogen-bond donors (Lipinski definition) is 3. The maximum atomic E-state index is 13.5. The molecule has 0 aliphatic heterocycles. The van der Waals surface area contributed by atoms with E-state index in [1.165, 1.54) is 18.2 Å². The summed E-state index contributed by atoms with van der Waals surface area (Å²) in [6, 6.07) is 18.0. The monoisotopic (exact) mass is 498 g/mol. The average Bonchev–Trinajstić information content (AvgIpc) is 2.82. The third-order valence-corrected chi connectivity index (χ3v) is 4.98. The molecule has 0 unspecified atom stereocenters. The Morgan fingerprint density at radius 3 is 2.06 bits per heavy atom. The van der Waals surface area contributed by atoms with Crippen LogP contribution in [-0.4, -0.2) is 28.4 Å². The Labute approximate surface area is 206 Å². The van der Waals surface area contributed by atoms with Crippen LogP contribution < -0.4 is 16.1 Å². The van der Waals surface area contributed by atoms with Gasteiger partial charge in [-0.15, -0.1) is 0 Å². The lowest BCUT2D eigenvalue weighted by molar-refractivity contribution is -0.137. The maximum absolute atomic E-state index is 13.5. The summed E-state index contributed by atoms with van der Waals surface area (Å²) in [7, 11) is 0. The summed E-state index contributed by atoms with van der Waals surface area (Å²) in [5.41, 5.74) is 1.10. The van der Waals surface area contributed by atoms with Gasteiger partial charge in [0, 0.05) is 11.3 Å². The summed E-state index contributed by atoms with van der Waals surface area (Å²) in [5.74, 6) is -1.45. The number of nitrogens with one attached hydrogen (secondary N) is 3. The molecule has 0 saturated heterocycles. The van der Waals surface area contributed by atoms with Gasteiger partial charge in [0.1, 0.15) is 0 Å². The molecule has 0 atom stereocenters. The van der Waals surface area contributed by atoms with E-state index in [2.05, 4.69) is 16.1 Å². The molecule has 3 rings (SSSR count). The van der Waals surface area contributed by atoms with Gasteiger partial charge < -0.3 is 10.6 Å². The Morgan fingerprint density at radius 1 is 0.778 bits per heavy atom. The van der Waals surface area contributed by atoms with Crippen molar-refractivity contribution in [2.45, 2.75) is 32.5 Å². The van der Waals surface area contributed by atoms with Crippen LogP contribution in [0.3, 0.4) is 0 Å². The molecular formula is C26H25F3N4O3. The van der Waals surface area contributed by atoms with Gasteiger partial charge in [-0.25, -0.2) is 15.2 Å². The maximum Gasteiger partial charge on any atom is 0.416 e. The number of carbonyl (C=O) groups excluding carboxylic acids is 3. The molecule has 3 aromatic carbocycles. The molecule has 3 N–H and O–H groups in total. The molecule has 0 aliphatic rings. The van der Waals surface area contributed by atoms with Crippen LogP contribution in [0.5, 0.6) is 0 Å². The number of urea groups is 1. The first kappa shape index (κ1) is 26.3. The first-order valence-corrected chi connectivity index (χ1v) is 10.9. The van der Waals surface area contributed by atoms with E-state index in [0.29, 0.717) is 5.69 Å². The lowest BCUT2D eigenvalue weighted by Gasteiger charge is -2.35. The van der Waals surface area contributed by atoms with Crippen LogP contribution in [-0.2, 0) is 6.18 Å². The lowest BCUT2D eigenvalue weighted by atomic mass is 10.0. The van der Waals surface area contributed by atoms with Crippen molar-refractivity contribution < 1.29 is 27.6 Å². The number of anilines is 2. The number of halogens is 3. The summed E-state index contributed by atoms with van der Waals surface area (Å²) < 4.78 is 39.1. The Hall–Kier alpha value is -4.34. The van der Waals surface area contributed by atoms with Crippen LogP contribution in [0.1, 0.15) is 47.1 Å². The smallest absolute Gasteiger partial charge is 0.321 e. The van der Waals surface area contributed by atoms with Crippen molar-refractivity contribution in [3.63, 3.8) is 0 Å². The third kappa shape index (κ3) is 6.62. The van der Waals surface area contributed by atoms with Gasteiger partial charge in [-0.2, -0.15) is 13.2 Å². The number of alkyl halides is 3. The molecule has 3 aromatic rings. The molecule has 188 valence electrons. The summed E-state index contributed by atoms with van der Waals surface area (Å²) >= 11 is 0. The molecule has 0 heterocycles. The van der Waals surface area contributed by atoms with Gasteiger partial charge in [0.2, 0.25) is 0 Å². The second-order valence-corrected chi connectivity index (χ2v) is 8.82. The molecular weight excluding hydrogens is 473 g/mol. The molecule has 7 nitrogen and oxygen atoms in total. The molecule has 0 spiro atoms. The van der Waals surface area contributed by atoms with Crippen molar-refractivity contribution in [1.29, 1.82) is 0 Å². The van der Waals surface area contributed by atoms with Gasteiger partial charge in [0.25, 0.3) is 11.8 Å². The van der Waals surface area contributed by atoms with Crippen LogP contribution in [0.4, 0.5) is 29.3 Å². The van der Waals surface area contributed by atoms with Gasteiger partial charge >= 0.3 is 12.2 Å². The Balaban J connectivity index is 1.84. The predicted molar refractivity (Wildman–Crippen MR) is 130 cm³/mol. The van der Waals surface area contributed by atoms with Gasteiger partial charge in [-0.3, -0.25) is 9.59 Å². The normalized spacial score (nSPS) is 11.4. The largest absolute Gasteiger partial charge is 0.416 e. The van der Waals surface area contributed by atoms with E-state index in [1.807, 2.05) is 0 Å². The standard InChI is InChI=1S/C26H25F3N4O3/c1-25(2,3)33(32-24(36)30-19-12-5-4-6-13-19)23(35)20-14-7-8-15-21(20)31-22(34)17-10-9-11-18(16-17)26(27,28)29/h4-16H,1-3H3,(H,31,34)(H2,30,32,36). The second kappa shape index (κ2) is 10.5. The van der Waals surface area contributed by atoms with Crippen molar-refractivity contribution in [3.8, 4) is 0 Å². The molecule has 0 fully saturated rings. The molecule has 0 aliphatic carbocycles.